The number of hydrogen-bond acceptors (Lipinski definition) is 1. The summed E-state index contributed by atoms with van der Waals surface area (Å²) in [6.45, 7) is 25.6. The van der Waals surface area contributed by atoms with Crippen molar-refractivity contribution in [1.82, 2.24) is 0 Å². The molecule has 342 valence electrons. The molecule has 0 saturated carbocycles. The van der Waals surface area contributed by atoms with E-state index in [9.17, 15) is 0 Å². The fourth-order valence-electron chi connectivity index (χ4n) is 12.6. The van der Waals surface area contributed by atoms with Gasteiger partial charge in [0.25, 0.3) is 0 Å². The molecule has 1 aromatic heterocycles. The molecule has 0 aliphatic heterocycles. The van der Waals surface area contributed by atoms with Gasteiger partial charge in [0, 0.05) is 30.9 Å². The average molecular weight is 913 g/mol. The summed E-state index contributed by atoms with van der Waals surface area (Å²) in [6.07, 6.45) is 7.22. The highest BCUT2D eigenvalue weighted by Gasteiger charge is 2.48. The van der Waals surface area contributed by atoms with E-state index in [-0.39, 0.29) is 16.2 Å². The lowest BCUT2D eigenvalue weighted by atomic mass is 9.70. The Morgan fingerprint density at radius 1 is 0.391 bits per heavy atom. The van der Waals surface area contributed by atoms with Gasteiger partial charge in [-0.05, 0) is 159 Å². The molecule has 0 radical (unpaired) electrons. The first-order chi connectivity index (χ1) is 33.1. The topological polar surface area (TPSA) is 0 Å². The zero-order valence-electron chi connectivity index (χ0n) is 42.4. The van der Waals surface area contributed by atoms with Crippen molar-refractivity contribution in [3.05, 3.63) is 223 Å². The summed E-state index contributed by atoms with van der Waals surface area (Å²) < 4.78 is 2.90. The summed E-state index contributed by atoms with van der Waals surface area (Å²) in [7, 11) is 0. The number of aryl methyl sites for hydroxylation is 4. The molecule has 0 amide bonds. The molecule has 0 N–H and O–H groups in total. The maximum Gasteiger partial charge on any atom is 0.0440 e. The Morgan fingerprint density at radius 3 is 1.58 bits per heavy atom. The normalized spacial score (nSPS) is 15.3. The van der Waals surface area contributed by atoms with Crippen LogP contribution in [0.2, 0.25) is 0 Å². The molecular formula is C68H64S. The van der Waals surface area contributed by atoms with Crippen LogP contribution in [-0.4, -0.2) is 0 Å². The van der Waals surface area contributed by atoms with Crippen LogP contribution in [0.5, 0.6) is 0 Å². The lowest BCUT2D eigenvalue weighted by Crippen LogP contribution is -2.24. The van der Waals surface area contributed by atoms with E-state index in [0.717, 1.165) is 12.8 Å². The van der Waals surface area contributed by atoms with Crippen LogP contribution in [0.1, 0.15) is 116 Å². The molecule has 0 fully saturated rings. The first kappa shape index (κ1) is 44.9. The second-order valence-corrected chi connectivity index (χ2v) is 22.8. The summed E-state index contributed by atoms with van der Waals surface area (Å²) in [5.41, 5.74) is 29.8. The van der Waals surface area contributed by atoms with Gasteiger partial charge in [-0.25, -0.2) is 0 Å². The van der Waals surface area contributed by atoms with Crippen molar-refractivity contribution in [2.45, 2.75) is 105 Å². The third-order valence-electron chi connectivity index (χ3n) is 16.1. The van der Waals surface area contributed by atoms with Crippen molar-refractivity contribution < 1.29 is 0 Å². The molecular weight excluding hydrogens is 849 g/mol. The minimum Gasteiger partial charge on any atom is -0.135 e. The number of thiophene rings is 1. The first-order valence-electron chi connectivity index (χ1n) is 25.1. The van der Waals surface area contributed by atoms with Crippen molar-refractivity contribution in [3.63, 3.8) is 0 Å². The Labute approximate surface area is 414 Å². The Bertz CT molecular complexity index is 3660. The monoisotopic (exact) mass is 912 g/mol. The maximum absolute atomic E-state index is 2.49. The molecule has 0 spiro atoms. The van der Waals surface area contributed by atoms with Crippen molar-refractivity contribution >= 4 is 33.6 Å². The predicted molar refractivity (Wildman–Crippen MR) is 299 cm³/mol. The second kappa shape index (κ2) is 16.6. The van der Waals surface area contributed by atoms with Gasteiger partial charge in [0.05, 0.1) is 0 Å². The Balaban J connectivity index is 0.000000133. The van der Waals surface area contributed by atoms with Crippen LogP contribution in [0, 0.1) is 34.6 Å². The van der Waals surface area contributed by atoms with Crippen LogP contribution < -0.4 is 9.75 Å². The summed E-state index contributed by atoms with van der Waals surface area (Å²) in [5.74, 6) is 0. The quantitative estimate of drug-likeness (QED) is 0.162. The summed E-state index contributed by atoms with van der Waals surface area (Å²) in [4.78, 5) is 0. The Hall–Kier alpha value is -6.54. The van der Waals surface area contributed by atoms with Gasteiger partial charge in [0.1, 0.15) is 0 Å². The fraction of sp³-hybridized carbons (Fsp3) is 0.235. The van der Waals surface area contributed by atoms with Crippen molar-refractivity contribution in [3.8, 4) is 55.6 Å². The Kier molecular flexibility index (Phi) is 10.8. The zero-order valence-corrected chi connectivity index (χ0v) is 43.2. The molecule has 4 aliphatic carbocycles. The summed E-state index contributed by atoms with van der Waals surface area (Å²) in [6, 6.07) is 55.8. The van der Waals surface area contributed by atoms with Crippen LogP contribution in [0.4, 0.5) is 0 Å². The van der Waals surface area contributed by atoms with Gasteiger partial charge in [0.15, 0.2) is 0 Å². The molecule has 0 atom stereocenters. The molecule has 69 heavy (non-hydrogen) atoms. The van der Waals surface area contributed by atoms with Gasteiger partial charge in [-0.1, -0.05) is 216 Å². The van der Waals surface area contributed by atoms with E-state index >= 15 is 0 Å². The van der Waals surface area contributed by atoms with Gasteiger partial charge >= 0.3 is 0 Å². The van der Waals surface area contributed by atoms with E-state index in [2.05, 4.69) is 222 Å². The van der Waals surface area contributed by atoms with Gasteiger partial charge in [-0.15, -0.1) is 11.3 Å². The van der Waals surface area contributed by atoms with Crippen LogP contribution in [0.25, 0.3) is 77.9 Å². The van der Waals surface area contributed by atoms with Crippen LogP contribution in [-0.2, 0) is 16.2 Å². The van der Waals surface area contributed by atoms with E-state index in [1.807, 2.05) is 29.5 Å². The highest BCUT2D eigenvalue weighted by atomic mass is 32.1. The fourth-order valence-corrected chi connectivity index (χ4v) is 13.9. The summed E-state index contributed by atoms with van der Waals surface area (Å²) >= 11 is 1.98. The molecule has 9 aromatic rings. The zero-order chi connectivity index (χ0) is 48.1. The van der Waals surface area contributed by atoms with Gasteiger partial charge in [-0.3, -0.25) is 0 Å². The second-order valence-electron chi connectivity index (χ2n) is 21.8. The minimum atomic E-state index is -0.0504. The average Bonchev–Trinajstić information content (AvgIpc) is 3.98. The van der Waals surface area contributed by atoms with E-state index in [4.69, 9.17) is 0 Å². The molecule has 1 heterocycles. The van der Waals surface area contributed by atoms with Gasteiger partial charge in [-0.2, -0.15) is 0 Å². The van der Waals surface area contributed by atoms with Crippen LogP contribution in [0.15, 0.2) is 152 Å². The van der Waals surface area contributed by atoms with Crippen LogP contribution >= 0.6 is 11.3 Å². The lowest BCUT2D eigenvalue weighted by molar-refractivity contribution is 0.601. The molecule has 8 aromatic carbocycles. The lowest BCUT2D eigenvalue weighted by Gasteiger charge is -2.32. The molecule has 1 heteroatoms. The largest absolute Gasteiger partial charge is 0.135 e. The molecule has 0 unspecified atom stereocenters. The van der Waals surface area contributed by atoms with E-state index < -0.39 is 0 Å². The number of fused-ring (bicyclic) bond motifs is 14. The third kappa shape index (κ3) is 6.98. The number of benzene rings is 8. The molecule has 13 rings (SSSR count). The predicted octanol–water partition coefficient (Wildman–Crippen LogP) is 17.4. The van der Waals surface area contributed by atoms with E-state index in [0.29, 0.717) is 0 Å². The SMILES string of the molecule is Cc1ccc2c(c1)C(C)(C)c1c-2c(-c2ccccc2C)c(C)c2c1C(C)(C)c1ccccc1-2.Cc1ccc2c(c1)C(C)(C)c1cc(-c3ccccc3)c3sc4c(c3c1-2)=CCCC=4.Cc1ccccc1. The van der Waals surface area contributed by atoms with E-state index in [1.54, 1.807) is 0 Å². The minimum absolute atomic E-state index is 0.0155. The summed E-state index contributed by atoms with van der Waals surface area (Å²) in [5, 5.41) is 2.95. The van der Waals surface area contributed by atoms with Crippen molar-refractivity contribution in [2.75, 3.05) is 0 Å². The standard InChI is InChI=1S/C33H32.C28H24S.C7H8/c1-19-16-17-24-26(18-19)33(6,7)31-29(24)27(22-13-9-8-12-20(22)2)21(3)28-23-14-10-11-15-25(23)32(4,5)30(28)31;1-17-13-14-19-22(15-17)28(2,3)23-16-21(18-9-5-4-6-10-18)27-26(25(19)23)20-11-7-8-12-24(20)29-27;1-7-5-3-2-4-6-7/h8-18H,1-7H3;4-6,9-16H,7-8H2,1-3H3;2-6H,1H3. The van der Waals surface area contributed by atoms with Crippen LogP contribution in [0.3, 0.4) is 0 Å². The Morgan fingerprint density at radius 2 is 0.928 bits per heavy atom. The molecule has 0 saturated heterocycles. The highest BCUT2D eigenvalue weighted by Crippen LogP contribution is 2.63. The third-order valence-corrected chi connectivity index (χ3v) is 17.3. The molecule has 0 bridgehead atoms. The highest BCUT2D eigenvalue weighted by molar-refractivity contribution is 7.17. The molecule has 4 aliphatic rings. The number of hydrogen-bond donors (Lipinski definition) is 0. The molecule has 0 nitrogen and oxygen atoms in total. The van der Waals surface area contributed by atoms with Crippen molar-refractivity contribution in [2.24, 2.45) is 0 Å². The number of rotatable bonds is 2. The van der Waals surface area contributed by atoms with Gasteiger partial charge < -0.3 is 0 Å². The van der Waals surface area contributed by atoms with Gasteiger partial charge in [0.2, 0.25) is 0 Å². The maximum atomic E-state index is 2.49. The van der Waals surface area contributed by atoms with Crippen molar-refractivity contribution in [1.29, 1.82) is 0 Å². The first-order valence-corrected chi connectivity index (χ1v) is 25.9. The van der Waals surface area contributed by atoms with E-state index in [1.165, 1.54) is 137 Å². The smallest absolute Gasteiger partial charge is 0.0440 e.